The quantitative estimate of drug-likeness (QED) is 0.657. The molecule has 1 aliphatic heterocycles. The second-order valence-corrected chi connectivity index (χ2v) is 10.8. The van der Waals surface area contributed by atoms with Gasteiger partial charge < -0.3 is 9.33 Å². The first kappa shape index (κ1) is 12.2. The highest BCUT2D eigenvalue weighted by atomic mass is 28.4. The molecular weight excluding hydrogens is 190 g/mol. The van der Waals surface area contributed by atoms with Crippen molar-refractivity contribution < 1.29 is 4.43 Å². The molecule has 0 aromatic heterocycles. The lowest BCUT2D eigenvalue weighted by atomic mass is 10.2. The zero-order valence-corrected chi connectivity index (χ0v) is 11.6. The van der Waals surface area contributed by atoms with Crippen molar-refractivity contribution in [2.45, 2.75) is 51.4 Å². The summed E-state index contributed by atoms with van der Waals surface area (Å²) in [6.07, 6.45) is 1.70. The Kier molecular flexibility index (Phi) is 3.44. The highest BCUT2D eigenvalue weighted by Gasteiger charge is 2.40. The lowest BCUT2D eigenvalue weighted by Gasteiger charge is -2.38. The van der Waals surface area contributed by atoms with Crippen molar-refractivity contribution >= 4 is 8.32 Å². The van der Waals surface area contributed by atoms with E-state index in [1.807, 2.05) is 0 Å². The van der Waals surface area contributed by atoms with Gasteiger partial charge in [0.1, 0.15) is 0 Å². The molecule has 1 saturated heterocycles. The minimum absolute atomic E-state index is 0.341. The third kappa shape index (κ3) is 2.81. The van der Waals surface area contributed by atoms with E-state index >= 15 is 0 Å². The summed E-state index contributed by atoms with van der Waals surface area (Å²) in [6, 6.07) is 0. The summed E-state index contributed by atoms with van der Waals surface area (Å²) in [5, 5.41) is 0.341. The van der Waals surface area contributed by atoms with Crippen LogP contribution >= 0.6 is 0 Å². The molecule has 14 heavy (non-hydrogen) atoms. The van der Waals surface area contributed by atoms with E-state index in [1.54, 1.807) is 0 Å². The third-order valence-corrected chi connectivity index (χ3v) is 8.15. The first-order valence-electron chi connectivity index (χ1n) is 5.59. The van der Waals surface area contributed by atoms with Gasteiger partial charge in [0.2, 0.25) is 0 Å². The number of rotatable bonds is 2. The summed E-state index contributed by atoms with van der Waals surface area (Å²) in [6.45, 7) is 13.9. The molecule has 0 N–H and O–H groups in total. The van der Waals surface area contributed by atoms with E-state index in [0.717, 1.165) is 6.54 Å². The van der Waals surface area contributed by atoms with E-state index in [9.17, 15) is 0 Å². The maximum Gasteiger partial charge on any atom is 0.192 e. The molecule has 0 bridgehead atoms. The van der Waals surface area contributed by atoms with Crippen molar-refractivity contribution in [2.24, 2.45) is 0 Å². The van der Waals surface area contributed by atoms with Crippen molar-refractivity contribution in [1.29, 1.82) is 0 Å². The Balaban J connectivity index is 2.51. The van der Waals surface area contributed by atoms with E-state index in [0.29, 0.717) is 11.1 Å². The first-order chi connectivity index (χ1) is 6.22. The predicted octanol–water partition coefficient (Wildman–Crippen LogP) is 2.71. The Morgan fingerprint density at radius 2 is 1.86 bits per heavy atom. The molecule has 1 fully saturated rings. The fraction of sp³-hybridized carbons (Fsp3) is 1.00. The zero-order chi connectivity index (χ0) is 11.0. The van der Waals surface area contributed by atoms with Crippen LogP contribution in [0.15, 0.2) is 0 Å². The molecule has 2 nitrogen and oxygen atoms in total. The van der Waals surface area contributed by atoms with Crippen molar-refractivity contribution in [1.82, 2.24) is 4.90 Å². The molecule has 1 heterocycles. The fourth-order valence-electron chi connectivity index (χ4n) is 1.58. The Morgan fingerprint density at radius 3 is 2.21 bits per heavy atom. The molecule has 0 aromatic rings. The zero-order valence-electron chi connectivity index (χ0n) is 10.6. The summed E-state index contributed by atoms with van der Waals surface area (Å²) < 4.78 is 6.33. The van der Waals surface area contributed by atoms with Crippen LogP contribution in [0, 0.1) is 0 Å². The molecule has 1 atom stereocenters. The van der Waals surface area contributed by atoms with E-state index in [1.165, 1.54) is 13.0 Å². The third-order valence-electron chi connectivity index (χ3n) is 3.62. The van der Waals surface area contributed by atoms with Crippen LogP contribution in [0.3, 0.4) is 0 Å². The monoisotopic (exact) mass is 215 g/mol. The minimum Gasteiger partial charge on any atom is -0.413 e. The molecule has 3 heteroatoms. The van der Waals surface area contributed by atoms with Crippen LogP contribution in [-0.4, -0.2) is 39.5 Å². The van der Waals surface area contributed by atoms with Crippen LogP contribution in [0.4, 0.5) is 0 Å². The summed E-state index contributed by atoms with van der Waals surface area (Å²) in [7, 11) is 0.649. The topological polar surface area (TPSA) is 12.5 Å². The van der Waals surface area contributed by atoms with Gasteiger partial charge in [0.25, 0.3) is 0 Å². The lowest BCUT2D eigenvalue weighted by molar-refractivity contribution is 0.187. The van der Waals surface area contributed by atoms with Crippen LogP contribution in [0.1, 0.15) is 27.2 Å². The van der Waals surface area contributed by atoms with Gasteiger partial charge in [0, 0.05) is 13.1 Å². The van der Waals surface area contributed by atoms with Gasteiger partial charge in [-0.25, -0.2) is 0 Å². The van der Waals surface area contributed by atoms with Gasteiger partial charge in [-0.3, -0.25) is 0 Å². The van der Waals surface area contributed by atoms with Crippen LogP contribution in [0.5, 0.6) is 0 Å². The molecule has 84 valence electrons. The molecule has 0 spiro atoms. The number of likely N-dealkylation sites (N-methyl/N-ethyl adjacent to an activating group) is 1. The van der Waals surface area contributed by atoms with E-state index in [-0.39, 0.29) is 0 Å². The highest BCUT2D eigenvalue weighted by molar-refractivity contribution is 6.74. The average Bonchev–Trinajstić information content (AvgIpc) is 2.31. The normalized spacial score (nSPS) is 25.7. The Bertz CT molecular complexity index is 198. The number of likely N-dealkylation sites (tertiary alicyclic amines) is 1. The van der Waals surface area contributed by atoms with Crippen LogP contribution in [0.25, 0.3) is 0 Å². The van der Waals surface area contributed by atoms with Crippen molar-refractivity contribution in [3.63, 3.8) is 0 Å². The second kappa shape index (κ2) is 3.95. The molecule has 0 saturated carbocycles. The molecule has 0 aliphatic carbocycles. The molecular formula is C11H25NOSi. The van der Waals surface area contributed by atoms with Crippen molar-refractivity contribution in [3.8, 4) is 0 Å². The molecule has 0 unspecified atom stereocenters. The Morgan fingerprint density at radius 1 is 1.29 bits per heavy atom. The highest BCUT2D eigenvalue weighted by Crippen LogP contribution is 2.38. The predicted molar refractivity (Wildman–Crippen MR) is 64.2 cm³/mol. The van der Waals surface area contributed by atoms with Gasteiger partial charge in [-0.1, -0.05) is 20.8 Å². The SMILES string of the molecule is CN1CC[C@H](O[Si](C)(C)C(C)(C)C)C1. The Labute approximate surface area is 89.8 Å². The van der Waals surface area contributed by atoms with Crippen LogP contribution in [-0.2, 0) is 4.43 Å². The molecule has 0 aromatic carbocycles. The van der Waals surface area contributed by atoms with Crippen molar-refractivity contribution in [3.05, 3.63) is 0 Å². The lowest BCUT2D eigenvalue weighted by Crippen LogP contribution is -2.44. The molecule has 0 amide bonds. The fourth-order valence-corrected chi connectivity index (χ4v) is 2.96. The summed E-state index contributed by atoms with van der Waals surface area (Å²) in [5.74, 6) is 0. The van der Waals surface area contributed by atoms with Gasteiger partial charge in [-0.05, 0) is 31.6 Å². The van der Waals surface area contributed by atoms with Gasteiger partial charge >= 0.3 is 0 Å². The number of hydrogen-bond acceptors (Lipinski definition) is 2. The maximum atomic E-state index is 6.33. The smallest absolute Gasteiger partial charge is 0.192 e. The van der Waals surface area contributed by atoms with Crippen LogP contribution < -0.4 is 0 Å². The maximum absolute atomic E-state index is 6.33. The van der Waals surface area contributed by atoms with Crippen molar-refractivity contribution in [2.75, 3.05) is 20.1 Å². The van der Waals surface area contributed by atoms with E-state index < -0.39 is 8.32 Å². The van der Waals surface area contributed by atoms with E-state index in [2.05, 4.69) is 45.8 Å². The summed E-state index contributed by atoms with van der Waals surface area (Å²) in [5.41, 5.74) is 0. The van der Waals surface area contributed by atoms with Gasteiger partial charge in [-0.2, -0.15) is 0 Å². The number of hydrogen-bond donors (Lipinski definition) is 0. The molecule has 1 aliphatic rings. The van der Waals surface area contributed by atoms with Gasteiger partial charge in [0.05, 0.1) is 6.10 Å². The van der Waals surface area contributed by atoms with Gasteiger partial charge in [-0.15, -0.1) is 0 Å². The summed E-state index contributed by atoms with van der Waals surface area (Å²) >= 11 is 0. The number of nitrogens with zero attached hydrogens (tertiary/aromatic N) is 1. The van der Waals surface area contributed by atoms with E-state index in [4.69, 9.17) is 4.43 Å². The molecule has 0 radical (unpaired) electrons. The summed E-state index contributed by atoms with van der Waals surface area (Å²) in [4.78, 5) is 2.36. The standard InChI is InChI=1S/C11H25NOSi/c1-11(2,3)14(5,6)13-10-7-8-12(4)9-10/h10H,7-9H2,1-6H3/t10-/m0/s1. The largest absolute Gasteiger partial charge is 0.413 e. The molecule has 1 rings (SSSR count). The second-order valence-electron chi connectivity index (χ2n) is 6.05. The van der Waals surface area contributed by atoms with Crippen LogP contribution in [0.2, 0.25) is 18.1 Å². The van der Waals surface area contributed by atoms with Gasteiger partial charge in [0.15, 0.2) is 8.32 Å². The first-order valence-corrected chi connectivity index (χ1v) is 8.49. The Hall–Kier alpha value is 0.137. The average molecular weight is 215 g/mol. The minimum atomic E-state index is -1.53.